The first-order chi connectivity index (χ1) is 8.79. The summed E-state index contributed by atoms with van der Waals surface area (Å²) in [5.41, 5.74) is 0.790. The van der Waals surface area contributed by atoms with Crippen molar-refractivity contribution >= 4 is 12.0 Å². The highest BCUT2D eigenvalue weighted by Crippen LogP contribution is 2.29. The van der Waals surface area contributed by atoms with Gasteiger partial charge in [-0.05, 0) is 24.5 Å². The lowest BCUT2D eigenvalue weighted by Gasteiger charge is -2.26. The Hall–Kier alpha value is -1.59. The maximum atomic E-state index is 12.9. The number of hydrogen-bond donors (Lipinski definition) is 1. The summed E-state index contributed by atoms with van der Waals surface area (Å²) in [6.45, 7) is 4.80. The van der Waals surface area contributed by atoms with Gasteiger partial charge in [-0.3, -0.25) is 4.79 Å². The Morgan fingerprint density at radius 1 is 1.37 bits per heavy atom. The second-order valence-corrected chi connectivity index (χ2v) is 4.61. The van der Waals surface area contributed by atoms with Crippen LogP contribution >= 0.6 is 0 Å². The molecule has 0 bridgehead atoms. The minimum absolute atomic E-state index is 0.00856. The molecule has 0 spiro atoms. The quantitative estimate of drug-likeness (QED) is 0.836. The number of nitrogens with one attached hydrogen (secondary N) is 1. The van der Waals surface area contributed by atoms with E-state index in [2.05, 4.69) is 10.3 Å². The molecule has 1 rings (SSSR count). The average molecular weight is 274 g/mol. The molecule has 1 N–H and O–H groups in total. The zero-order valence-electron chi connectivity index (χ0n) is 11.1. The van der Waals surface area contributed by atoms with Crippen LogP contribution in [0.2, 0.25) is 0 Å². The highest BCUT2D eigenvalue weighted by Gasteiger charge is 2.41. The Kier molecular flexibility index (Phi) is 4.91. The zero-order chi connectivity index (χ0) is 14.6. The number of halogens is 3. The van der Waals surface area contributed by atoms with Crippen molar-refractivity contribution in [1.29, 1.82) is 0 Å². The highest BCUT2D eigenvalue weighted by molar-refractivity contribution is 5.81. The SMILES string of the molecule is CCc1ccc(NC(C(C)C)C(F)(F)F)c(C=O)n1. The number of rotatable bonds is 5. The van der Waals surface area contributed by atoms with E-state index in [1.54, 1.807) is 6.07 Å². The van der Waals surface area contributed by atoms with Gasteiger partial charge in [-0.2, -0.15) is 13.2 Å². The number of alkyl halides is 3. The van der Waals surface area contributed by atoms with Crippen LogP contribution in [0.5, 0.6) is 0 Å². The van der Waals surface area contributed by atoms with Gasteiger partial charge in [0.2, 0.25) is 0 Å². The molecule has 0 aliphatic carbocycles. The van der Waals surface area contributed by atoms with E-state index in [1.807, 2.05) is 6.92 Å². The number of anilines is 1. The standard InChI is InChI=1S/C13H17F3N2O/c1-4-9-5-6-10(11(7-19)17-9)18-12(8(2)3)13(14,15)16/h5-8,12,18H,4H2,1-3H3. The van der Waals surface area contributed by atoms with E-state index < -0.39 is 18.1 Å². The number of pyridine rings is 1. The summed E-state index contributed by atoms with van der Waals surface area (Å²) >= 11 is 0. The third-order valence-electron chi connectivity index (χ3n) is 2.79. The summed E-state index contributed by atoms with van der Waals surface area (Å²) in [5, 5.41) is 2.37. The van der Waals surface area contributed by atoms with Crippen molar-refractivity contribution in [3.8, 4) is 0 Å². The Labute approximate surface area is 110 Å². The molecular formula is C13H17F3N2O. The Morgan fingerprint density at radius 3 is 2.42 bits per heavy atom. The molecule has 0 saturated carbocycles. The molecule has 0 radical (unpaired) electrons. The summed E-state index contributed by atoms with van der Waals surface area (Å²) in [4.78, 5) is 14.9. The van der Waals surface area contributed by atoms with Gasteiger partial charge in [-0.15, -0.1) is 0 Å². The topological polar surface area (TPSA) is 42.0 Å². The van der Waals surface area contributed by atoms with Crippen molar-refractivity contribution in [2.45, 2.75) is 39.4 Å². The van der Waals surface area contributed by atoms with Crippen LogP contribution < -0.4 is 5.32 Å². The lowest BCUT2D eigenvalue weighted by Crippen LogP contribution is -2.40. The molecule has 19 heavy (non-hydrogen) atoms. The minimum Gasteiger partial charge on any atom is -0.372 e. The summed E-state index contributed by atoms with van der Waals surface area (Å²) in [7, 11) is 0. The maximum Gasteiger partial charge on any atom is 0.408 e. The second kappa shape index (κ2) is 6.04. The fourth-order valence-corrected chi connectivity index (χ4v) is 1.72. The number of carbonyl (C=O) groups is 1. The van der Waals surface area contributed by atoms with Crippen molar-refractivity contribution in [3.05, 3.63) is 23.5 Å². The van der Waals surface area contributed by atoms with Gasteiger partial charge >= 0.3 is 6.18 Å². The van der Waals surface area contributed by atoms with Gasteiger partial charge < -0.3 is 5.32 Å². The summed E-state index contributed by atoms with van der Waals surface area (Å²) in [5.74, 6) is -0.648. The van der Waals surface area contributed by atoms with Crippen LogP contribution in [0.15, 0.2) is 12.1 Å². The Bertz CT molecular complexity index is 444. The predicted molar refractivity (Wildman–Crippen MR) is 67.3 cm³/mol. The van der Waals surface area contributed by atoms with Crippen molar-refractivity contribution in [1.82, 2.24) is 4.98 Å². The van der Waals surface area contributed by atoms with E-state index in [0.29, 0.717) is 18.4 Å². The van der Waals surface area contributed by atoms with Crippen LogP contribution in [-0.4, -0.2) is 23.5 Å². The van der Waals surface area contributed by atoms with Crippen LogP contribution in [0.1, 0.15) is 37.0 Å². The molecule has 0 fully saturated rings. The van der Waals surface area contributed by atoms with Gasteiger partial charge in [0, 0.05) is 5.69 Å². The molecule has 0 amide bonds. The molecule has 1 aromatic heterocycles. The van der Waals surface area contributed by atoms with Crippen LogP contribution in [0.4, 0.5) is 18.9 Å². The molecule has 106 valence electrons. The molecule has 6 heteroatoms. The van der Waals surface area contributed by atoms with Crippen LogP contribution in [0.3, 0.4) is 0 Å². The first-order valence-electron chi connectivity index (χ1n) is 6.08. The molecule has 3 nitrogen and oxygen atoms in total. The van der Waals surface area contributed by atoms with E-state index in [9.17, 15) is 18.0 Å². The molecule has 0 aliphatic heterocycles. The average Bonchev–Trinajstić information content (AvgIpc) is 2.33. The summed E-state index contributed by atoms with van der Waals surface area (Å²) in [6.07, 6.45) is -3.29. The number of aryl methyl sites for hydroxylation is 1. The molecule has 1 unspecified atom stereocenters. The number of aromatic nitrogens is 1. The second-order valence-electron chi connectivity index (χ2n) is 4.61. The fourth-order valence-electron chi connectivity index (χ4n) is 1.72. The van der Waals surface area contributed by atoms with E-state index in [1.165, 1.54) is 19.9 Å². The first kappa shape index (κ1) is 15.5. The normalized spacial score (nSPS) is 13.4. The van der Waals surface area contributed by atoms with E-state index >= 15 is 0 Å². The van der Waals surface area contributed by atoms with Crippen molar-refractivity contribution < 1.29 is 18.0 Å². The molecule has 0 aliphatic rings. The first-order valence-corrected chi connectivity index (χ1v) is 6.08. The summed E-state index contributed by atoms with van der Waals surface area (Å²) in [6, 6.07) is 1.38. The molecule has 0 saturated heterocycles. The van der Waals surface area contributed by atoms with Gasteiger partial charge in [0.25, 0.3) is 0 Å². The zero-order valence-corrected chi connectivity index (χ0v) is 11.1. The lowest BCUT2D eigenvalue weighted by molar-refractivity contribution is -0.150. The van der Waals surface area contributed by atoms with Crippen LogP contribution in [-0.2, 0) is 6.42 Å². The molecular weight excluding hydrogens is 257 g/mol. The molecule has 1 heterocycles. The number of carbonyl (C=O) groups excluding carboxylic acids is 1. The number of aldehydes is 1. The van der Waals surface area contributed by atoms with E-state index in [4.69, 9.17) is 0 Å². The van der Waals surface area contributed by atoms with Crippen LogP contribution in [0, 0.1) is 5.92 Å². The predicted octanol–water partition coefficient (Wildman–Crippen LogP) is 3.46. The van der Waals surface area contributed by atoms with Gasteiger partial charge in [0.15, 0.2) is 6.29 Å². The maximum absolute atomic E-state index is 12.9. The Balaban J connectivity index is 3.06. The minimum atomic E-state index is -4.38. The van der Waals surface area contributed by atoms with Gasteiger partial charge in [0.05, 0.1) is 5.69 Å². The van der Waals surface area contributed by atoms with Gasteiger partial charge in [-0.1, -0.05) is 20.8 Å². The molecule has 1 aromatic rings. The van der Waals surface area contributed by atoms with Gasteiger partial charge in [-0.25, -0.2) is 4.98 Å². The molecule has 1 atom stereocenters. The third-order valence-corrected chi connectivity index (χ3v) is 2.79. The van der Waals surface area contributed by atoms with Gasteiger partial charge in [0.1, 0.15) is 11.7 Å². The third kappa shape index (κ3) is 3.94. The van der Waals surface area contributed by atoms with Crippen molar-refractivity contribution in [3.63, 3.8) is 0 Å². The monoisotopic (exact) mass is 274 g/mol. The number of nitrogens with zero attached hydrogens (tertiary/aromatic N) is 1. The van der Waals surface area contributed by atoms with Crippen molar-refractivity contribution in [2.75, 3.05) is 5.32 Å². The highest BCUT2D eigenvalue weighted by atomic mass is 19.4. The van der Waals surface area contributed by atoms with Crippen molar-refractivity contribution in [2.24, 2.45) is 5.92 Å². The van der Waals surface area contributed by atoms with Crippen LogP contribution in [0.25, 0.3) is 0 Å². The largest absolute Gasteiger partial charge is 0.408 e. The fraction of sp³-hybridized carbons (Fsp3) is 0.538. The van der Waals surface area contributed by atoms with E-state index in [-0.39, 0.29) is 11.4 Å². The Morgan fingerprint density at radius 2 is 2.00 bits per heavy atom. The van der Waals surface area contributed by atoms with E-state index in [0.717, 1.165) is 0 Å². The lowest BCUT2D eigenvalue weighted by atomic mass is 10.0. The summed E-state index contributed by atoms with van der Waals surface area (Å²) < 4.78 is 38.6. The molecule has 0 aromatic carbocycles. The smallest absolute Gasteiger partial charge is 0.372 e. The number of hydrogen-bond acceptors (Lipinski definition) is 3.